The van der Waals surface area contributed by atoms with Gasteiger partial charge in [-0.15, -0.1) is 0 Å². The molecule has 1 N–H and O–H groups in total. The number of nitrogens with one attached hydrogen (secondary N) is 1. The molecule has 1 heterocycles. The molecule has 0 aromatic rings. The topological polar surface area (TPSA) is 49.4 Å². The van der Waals surface area contributed by atoms with E-state index in [-0.39, 0.29) is 11.8 Å². The summed E-state index contributed by atoms with van der Waals surface area (Å²) in [5, 5.41) is 2.63. The van der Waals surface area contributed by atoms with Crippen molar-refractivity contribution in [3.8, 4) is 0 Å². The molecule has 0 bridgehead atoms. The number of carbonyl (C=O) groups excluding carboxylic acids is 2. The number of hydrogen-bond donors (Lipinski definition) is 1. The van der Waals surface area contributed by atoms with Gasteiger partial charge in [-0.25, -0.2) is 0 Å². The molecular formula is C14H23F3N2O2. The molecule has 2 amide bonds. The van der Waals surface area contributed by atoms with Gasteiger partial charge in [0.15, 0.2) is 0 Å². The molecule has 4 nitrogen and oxygen atoms in total. The molecule has 1 rings (SSSR count). The second kappa shape index (κ2) is 6.66. The second-order valence-corrected chi connectivity index (χ2v) is 5.95. The molecule has 122 valence electrons. The van der Waals surface area contributed by atoms with Gasteiger partial charge in [-0.05, 0) is 19.3 Å². The zero-order valence-electron chi connectivity index (χ0n) is 12.8. The lowest BCUT2D eigenvalue weighted by Gasteiger charge is -2.44. The monoisotopic (exact) mass is 308 g/mol. The first-order valence-electron chi connectivity index (χ1n) is 7.27. The third-order valence-electron chi connectivity index (χ3n) is 3.65. The first kappa shape index (κ1) is 17.8. The molecule has 3 unspecified atom stereocenters. The maximum absolute atomic E-state index is 12.6. The lowest BCUT2D eigenvalue weighted by atomic mass is 9.93. The third-order valence-corrected chi connectivity index (χ3v) is 3.65. The van der Waals surface area contributed by atoms with Gasteiger partial charge in [0.05, 0.1) is 6.42 Å². The van der Waals surface area contributed by atoms with Crippen LogP contribution in [-0.4, -0.2) is 41.0 Å². The van der Waals surface area contributed by atoms with Gasteiger partial charge in [0, 0.05) is 6.04 Å². The van der Waals surface area contributed by atoms with Crippen molar-refractivity contribution in [1.29, 1.82) is 0 Å². The summed E-state index contributed by atoms with van der Waals surface area (Å²) in [7, 11) is 0. The van der Waals surface area contributed by atoms with E-state index < -0.39 is 36.6 Å². The van der Waals surface area contributed by atoms with E-state index in [1.165, 1.54) is 6.92 Å². The van der Waals surface area contributed by atoms with Gasteiger partial charge in [0.1, 0.15) is 12.1 Å². The quantitative estimate of drug-likeness (QED) is 0.848. The highest BCUT2D eigenvalue weighted by molar-refractivity contribution is 5.97. The van der Waals surface area contributed by atoms with E-state index in [2.05, 4.69) is 5.32 Å². The van der Waals surface area contributed by atoms with E-state index in [9.17, 15) is 22.8 Å². The van der Waals surface area contributed by atoms with Gasteiger partial charge in [-0.3, -0.25) is 9.59 Å². The average molecular weight is 308 g/mol. The number of piperazine rings is 1. The Bertz CT molecular complexity index is 396. The van der Waals surface area contributed by atoms with Crippen LogP contribution >= 0.6 is 0 Å². The van der Waals surface area contributed by atoms with E-state index >= 15 is 0 Å². The molecule has 21 heavy (non-hydrogen) atoms. The van der Waals surface area contributed by atoms with Gasteiger partial charge in [0.2, 0.25) is 11.8 Å². The van der Waals surface area contributed by atoms with Crippen molar-refractivity contribution in [2.75, 3.05) is 0 Å². The third kappa shape index (κ3) is 4.35. The van der Waals surface area contributed by atoms with Crippen molar-refractivity contribution < 1.29 is 22.8 Å². The molecule has 1 aliphatic heterocycles. The van der Waals surface area contributed by atoms with Crippen LogP contribution in [0.15, 0.2) is 0 Å². The van der Waals surface area contributed by atoms with Crippen LogP contribution in [0.3, 0.4) is 0 Å². The fourth-order valence-corrected chi connectivity index (χ4v) is 2.80. The lowest BCUT2D eigenvalue weighted by Crippen LogP contribution is -2.67. The molecular weight excluding hydrogens is 285 g/mol. The maximum Gasteiger partial charge on any atom is 0.391 e. The van der Waals surface area contributed by atoms with E-state index in [0.29, 0.717) is 12.8 Å². The zero-order valence-corrected chi connectivity index (χ0v) is 12.8. The minimum atomic E-state index is -4.37. The van der Waals surface area contributed by atoms with Crippen LogP contribution in [0.5, 0.6) is 0 Å². The molecule has 1 fully saturated rings. The normalized spacial score (nSPS) is 25.2. The van der Waals surface area contributed by atoms with Crippen LogP contribution in [0.2, 0.25) is 0 Å². The molecule has 0 radical (unpaired) electrons. The lowest BCUT2D eigenvalue weighted by molar-refractivity contribution is -0.167. The van der Waals surface area contributed by atoms with Crippen molar-refractivity contribution in [1.82, 2.24) is 10.2 Å². The van der Waals surface area contributed by atoms with E-state index in [4.69, 9.17) is 0 Å². The largest absolute Gasteiger partial charge is 0.391 e. The van der Waals surface area contributed by atoms with Crippen molar-refractivity contribution in [2.45, 2.75) is 71.3 Å². The summed E-state index contributed by atoms with van der Waals surface area (Å²) in [5.74, 6) is -1.02. The van der Waals surface area contributed by atoms with Crippen LogP contribution in [0.1, 0.15) is 47.0 Å². The van der Waals surface area contributed by atoms with Crippen molar-refractivity contribution in [2.24, 2.45) is 5.92 Å². The fourth-order valence-electron chi connectivity index (χ4n) is 2.80. The predicted molar refractivity (Wildman–Crippen MR) is 72.4 cm³/mol. The Morgan fingerprint density at radius 2 is 1.81 bits per heavy atom. The molecule has 3 atom stereocenters. The summed E-state index contributed by atoms with van der Waals surface area (Å²) in [4.78, 5) is 25.7. The van der Waals surface area contributed by atoms with Crippen molar-refractivity contribution in [3.05, 3.63) is 0 Å². The molecule has 0 aliphatic carbocycles. The smallest absolute Gasteiger partial charge is 0.342 e. The Kier molecular flexibility index (Phi) is 5.64. The molecule has 1 saturated heterocycles. The minimum Gasteiger partial charge on any atom is -0.342 e. The molecule has 1 aliphatic rings. The summed E-state index contributed by atoms with van der Waals surface area (Å²) in [6, 6.07) is -2.61. The van der Waals surface area contributed by atoms with Gasteiger partial charge >= 0.3 is 6.18 Å². The summed E-state index contributed by atoms with van der Waals surface area (Å²) < 4.78 is 37.9. The Morgan fingerprint density at radius 1 is 1.24 bits per heavy atom. The highest BCUT2D eigenvalue weighted by atomic mass is 19.4. The number of hydrogen-bond acceptors (Lipinski definition) is 2. The Balaban J connectivity index is 3.05. The number of rotatable bonds is 5. The van der Waals surface area contributed by atoms with E-state index in [1.807, 2.05) is 6.92 Å². The van der Waals surface area contributed by atoms with E-state index in [0.717, 1.165) is 4.90 Å². The highest BCUT2D eigenvalue weighted by Crippen LogP contribution is 2.29. The van der Waals surface area contributed by atoms with Crippen LogP contribution in [0.25, 0.3) is 0 Å². The average Bonchev–Trinajstić information content (AvgIpc) is 2.30. The Hall–Kier alpha value is -1.27. The summed E-state index contributed by atoms with van der Waals surface area (Å²) >= 11 is 0. The van der Waals surface area contributed by atoms with Gasteiger partial charge in [-0.1, -0.05) is 27.2 Å². The van der Waals surface area contributed by atoms with Crippen LogP contribution in [0.4, 0.5) is 13.2 Å². The first-order chi connectivity index (χ1) is 9.58. The molecule has 0 spiro atoms. The van der Waals surface area contributed by atoms with Crippen LogP contribution in [0, 0.1) is 5.92 Å². The molecule has 0 aromatic carbocycles. The standard InChI is InChI=1S/C14H23F3N2O2/c1-5-6-10-13(21)19(9(4)7-14(15,16)17)11(8(2)3)12(20)18-10/h8-11H,5-7H2,1-4H3,(H,18,20). The predicted octanol–water partition coefficient (Wildman–Crippen LogP) is 2.48. The summed E-state index contributed by atoms with van der Waals surface area (Å²) in [6.45, 7) is 6.66. The fraction of sp³-hybridized carbons (Fsp3) is 0.857. The van der Waals surface area contributed by atoms with Gasteiger partial charge in [0.25, 0.3) is 0 Å². The summed E-state index contributed by atoms with van der Waals surface area (Å²) in [5.41, 5.74) is 0. The van der Waals surface area contributed by atoms with Gasteiger partial charge in [-0.2, -0.15) is 13.2 Å². The number of amides is 2. The van der Waals surface area contributed by atoms with Crippen molar-refractivity contribution in [3.63, 3.8) is 0 Å². The first-order valence-corrected chi connectivity index (χ1v) is 7.27. The molecule has 0 aromatic heterocycles. The molecule has 7 heteroatoms. The summed E-state index contributed by atoms with van der Waals surface area (Å²) in [6.07, 6.45) is -4.36. The minimum absolute atomic E-state index is 0.243. The zero-order chi connectivity index (χ0) is 16.4. The molecule has 0 saturated carbocycles. The maximum atomic E-state index is 12.6. The Morgan fingerprint density at radius 3 is 2.24 bits per heavy atom. The Labute approximate surface area is 123 Å². The van der Waals surface area contributed by atoms with Crippen LogP contribution in [-0.2, 0) is 9.59 Å². The highest BCUT2D eigenvalue weighted by Gasteiger charge is 2.45. The number of nitrogens with zero attached hydrogens (tertiary/aromatic N) is 1. The number of alkyl halides is 3. The second-order valence-electron chi connectivity index (χ2n) is 5.95. The van der Waals surface area contributed by atoms with Crippen LogP contribution < -0.4 is 5.32 Å². The number of halogens is 3. The van der Waals surface area contributed by atoms with Crippen molar-refractivity contribution >= 4 is 11.8 Å². The number of carbonyl (C=O) groups is 2. The van der Waals surface area contributed by atoms with E-state index in [1.54, 1.807) is 13.8 Å². The SMILES string of the molecule is CCCC1NC(=O)C(C(C)C)N(C(C)CC(F)(F)F)C1=O. The van der Waals surface area contributed by atoms with Gasteiger partial charge < -0.3 is 10.2 Å².